The van der Waals surface area contributed by atoms with Crippen LogP contribution in [-0.2, 0) is 16.0 Å². The van der Waals surface area contributed by atoms with E-state index in [1.54, 1.807) is 18.3 Å². The lowest BCUT2D eigenvalue weighted by molar-refractivity contribution is -0.384. The fourth-order valence-electron chi connectivity index (χ4n) is 2.21. The third-order valence-corrected chi connectivity index (χ3v) is 4.44. The van der Waals surface area contributed by atoms with Crippen molar-refractivity contribution in [3.63, 3.8) is 0 Å². The highest BCUT2D eigenvalue weighted by Crippen LogP contribution is 2.32. The van der Waals surface area contributed by atoms with E-state index in [1.165, 1.54) is 30.6 Å². The fraction of sp³-hybridized carbons (Fsp3) is 0.375. The zero-order valence-corrected chi connectivity index (χ0v) is 14.1. The van der Waals surface area contributed by atoms with Gasteiger partial charge in [0.25, 0.3) is 5.69 Å². The number of rotatable bonds is 6. The van der Waals surface area contributed by atoms with Crippen LogP contribution in [0.25, 0.3) is 10.4 Å². The van der Waals surface area contributed by atoms with E-state index >= 15 is 0 Å². The number of esters is 1. The van der Waals surface area contributed by atoms with Crippen molar-refractivity contribution in [2.75, 3.05) is 7.11 Å². The third-order valence-electron chi connectivity index (χ3n) is 3.40. The number of aromatic nitrogens is 1. The average Bonchev–Trinajstić information content (AvgIpc) is 2.94. The minimum Gasteiger partial charge on any atom is -0.469 e. The summed E-state index contributed by atoms with van der Waals surface area (Å²) in [5.41, 5.74) is 0.723. The number of nitro benzene ring substituents is 1. The number of benzene rings is 1. The summed E-state index contributed by atoms with van der Waals surface area (Å²) in [6.07, 6.45) is 2.76. The molecule has 1 aromatic heterocycles. The number of nitrogens with zero attached hydrogens (tertiary/aromatic N) is 2. The van der Waals surface area contributed by atoms with Crippen molar-refractivity contribution < 1.29 is 14.5 Å². The molecule has 0 N–H and O–H groups in total. The Balaban J connectivity index is 2.11. The molecule has 0 atom stereocenters. The lowest BCUT2D eigenvalue weighted by Crippen LogP contribution is -2.20. The monoisotopic (exact) mass is 334 g/mol. The van der Waals surface area contributed by atoms with Gasteiger partial charge in [0.2, 0.25) is 0 Å². The van der Waals surface area contributed by atoms with Crippen molar-refractivity contribution in [1.82, 2.24) is 4.98 Å². The van der Waals surface area contributed by atoms with Gasteiger partial charge >= 0.3 is 5.97 Å². The SMILES string of the molecule is COC(=O)CC(C)(C)Cc1ncc(-c2ccc([N+](=O)[O-])cc2)s1. The molecular formula is C16H18N2O4S. The van der Waals surface area contributed by atoms with Crippen LogP contribution in [0.1, 0.15) is 25.3 Å². The first kappa shape index (κ1) is 17.1. The topological polar surface area (TPSA) is 82.3 Å². The molecule has 23 heavy (non-hydrogen) atoms. The summed E-state index contributed by atoms with van der Waals surface area (Å²) in [6.45, 7) is 3.99. The summed E-state index contributed by atoms with van der Waals surface area (Å²) in [6, 6.07) is 6.40. The maximum atomic E-state index is 11.4. The van der Waals surface area contributed by atoms with Crippen molar-refractivity contribution >= 4 is 23.0 Å². The molecule has 2 rings (SSSR count). The summed E-state index contributed by atoms with van der Waals surface area (Å²) in [5.74, 6) is -0.234. The molecule has 0 amide bonds. The molecule has 2 aromatic rings. The van der Waals surface area contributed by atoms with E-state index in [9.17, 15) is 14.9 Å². The summed E-state index contributed by atoms with van der Waals surface area (Å²) < 4.78 is 4.72. The van der Waals surface area contributed by atoms with Gasteiger partial charge < -0.3 is 4.74 Å². The largest absolute Gasteiger partial charge is 0.469 e. The van der Waals surface area contributed by atoms with Crippen LogP contribution in [0.15, 0.2) is 30.5 Å². The Labute approximate surface area is 138 Å². The van der Waals surface area contributed by atoms with Gasteiger partial charge in [-0.05, 0) is 23.1 Å². The van der Waals surface area contributed by atoms with E-state index in [1.807, 2.05) is 13.8 Å². The summed E-state index contributed by atoms with van der Waals surface area (Å²) in [4.78, 5) is 27.0. The smallest absolute Gasteiger partial charge is 0.306 e. The highest BCUT2D eigenvalue weighted by atomic mass is 32.1. The highest BCUT2D eigenvalue weighted by Gasteiger charge is 2.24. The predicted molar refractivity (Wildman–Crippen MR) is 88.3 cm³/mol. The van der Waals surface area contributed by atoms with E-state index in [-0.39, 0.29) is 17.1 Å². The van der Waals surface area contributed by atoms with Gasteiger partial charge in [-0.1, -0.05) is 13.8 Å². The predicted octanol–water partition coefficient (Wildman–Crippen LogP) is 3.85. The molecule has 0 saturated carbocycles. The van der Waals surface area contributed by atoms with Crippen molar-refractivity contribution in [1.29, 1.82) is 0 Å². The number of thiazole rings is 1. The lowest BCUT2D eigenvalue weighted by atomic mass is 9.86. The molecule has 0 spiro atoms. The van der Waals surface area contributed by atoms with Crippen LogP contribution in [0.5, 0.6) is 0 Å². The standard InChI is InChI=1S/C16H18N2O4S/c1-16(2,9-15(19)22-3)8-14-17-10-13(23-14)11-4-6-12(7-5-11)18(20)21/h4-7,10H,8-9H2,1-3H3. The number of hydrogen-bond donors (Lipinski definition) is 0. The number of hydrogen-bond acceptors (Lipinski definition) is 6. The lowest BCUT2D eigenvalue weighted by Gasteiger charge is -2.21. The molecule has 0 radical (unpaired) electrons. The van der Waals surface area contributed by atoms with Crippen LogP contribution in [0.3, 0.4) is 0 Å². The van der Waals surface area contributed by atoms with Crippen molar-refractivity contribution in [2.45, 2.75) is 26.7 Å². The van der Waals surface area contributed by atoms with Crippen molar-refractivity contribution in [3.05, 3.63) is 45.6 Å². The molecular weight excluding hydrogens is 316 g/mol. The third kappa shape index (κ3) is 4.59. The van der Waals surface area contributed by atoms with Crippen molar-refractivity contribution in [2.24, 2.45) is 5.41 Å². The molecule has 7 heteroatoms. The zero-order valence-electron chi connectivity index (χ0n) is 13.2. The molecule has 0 bridgehead atoms. The quantitative estimate of drug-likeness (QED) is 0.455. The maximum Gasteiger partial charge on any atom is 0.306 e. The number of methoxy groups -OCH3 is 1. The molecule has 0 aliphatic heterocycles. The van der Waals surface area contributed by atoms with E-state index in [0.717, 1.165) is 15.4 Å². The van der Waals surface area contributed by atoms with E-state index < -0.39 is 4.92 Å². The zero-order chi connectivity index (χ0) is 17.0. The Bertz CT molecular complexity index is 707. The van der Waals surface area contributed by atoms with Crippen LogP contribution in [0.4, 0.5) is 5.69 Å². The van der Waals surface area contributed by atoms with E-state index in [0.29, 0.717) is 12.8 Å². The van der Waals surface area contributed by atoms with Crippen LogP contribution in [0.2, 0.25) is 0 Å². The van der Waals surface area contributed by atoms with Crippen LogP contribution in [0, 0.1) is 15.5 Å². The second kappa shape index (κ2) is 6.87. The van der Waals surface area contributed by atoms with Crippen LogP contribution >= 0.6 is 11.3 Å². The number of ether oxygens (including phenoxy) is 1. The molecule has 1 heterocycles. The van der Waals surface area contributed by atoms with Gasteiger partial charge in [0.1, 0.15) is 0 Å². The Morgan fingerprint density at radius 2 is 2.00 bits per heavy atom. The molecule has 6 nitrogen and oxygen atoms in total. The number of non-ortho nitro benzene ring substituents is 1. The molecule has 0 aliphatic carbocycles. The highest BCUT2D eigenvalue weighted by molar-refractivity contribution is 7.15. The molecule has 0 saturated heterocycles. The maximum absolute atomic E-state index is 11.4. The average molecular weight is 334 g/mol. The Morgan fingerprint density at radius 1 is 1.35 bits per heavy atom. The Kier molecular flexibility index (Phi) is 5.10. The van der Waals surface area contributed by atoms with Gasteiger partial charge in [-0.15, -0.1) is 11.3 Å². The van der Waals surface area contributed by atoms with Gasteiger partial charge in [0.05, 0.1) is 28.3 Å². The fourth-order valence-corrected chi connectivity index (χ4v) is 3.39. The Hall–Kier alpha value is -2.28. The number of nitro groups is 1. The number of carbonyl (C=O) groups excluding carboxylic acids is 1. The summed E-state index contributed by atoms with van der Waals surface area (Å²) in [7, 11) is 1.38. The molecule has 0 aliphatic rings. The van der Waals surface area contributed by atoms with Gasteiger partial charge in [0, 0.05) is 24.8 Å². The minimum atomic E-state index is -0.419. The second-order valence-electron chi connectivity index (χ2n) is 6.02. The first-order chi connectivity index (χ1) is 10.8. The molecule has 0 fully saturated rings. The van der Waals surface area contributed by atoms with Crippen LogP contribution < -0.4 is 0 Å². The summed E-state index contributed by atoms with van der Waals surface area (Å²) in [5, 5.41) is 11.6. The van der Waals surface area contributed by atoms with Crippen molar-refractivity contribution in [3.8, 4) is 10.4 Å². The molecule has 1 aromatic carbocycles. The van der Waals surface area contributed by atoms with E-state index in [2.05, 4.69) is 4.98 Å². The summed E-state index contributed by atoms with van der Waals surface area (Å²) >= 11 is 1.53. The first-order valence-corrected chi connectivity index (χ1v) is 7.89. The van der Waals surface area contributed by atoms with Gasteiger partial charge in [0.15, 0.2) is 0 Å². The minimum absolute atomic E-state index is 0.0673. The molecule has 0 unspecified atom stereocenters. The Morgan fingerprint density at radius 3 is 2.57 bits per heavy atom. The van der Waals surface area contributed by atoms with E-state index in [4.69, 9.17) is 4.74 Å². The number of carbonyl (C=O) groups is 1. The normalized spacial score (nSPS) is 11.3. The van der Waals surface area contributed by atoms with Gasteiger partial charge in [-0.2, -0.15) is 0 Å². The van der Waals surface area contributed by atoms with Crippen LogP contribution in [-0.4, -0.2) is 23.0 Å². The second-order valence-corrected chi connectivity index (χ2v) is 7.13. The molecule has 122 valence electrons. The van der Waals surface area contributed by atoms with Gasteiger partial charge in [-0.3, -0.25) is 14.9 Å². The van der Waals surface area contributed by atoms with Gasteiger partial charge in [-0.25, -0.2) is 4.98 Å². The first-order valence-electron chi connectivity index (χ1n) is 7.07.